The monoisotopic (exact) mass is 306 g/mol. The molecule has 1 saturated heterocycles. The van der Waals surface area contributed by atoms with E-state index in [1.54, 1.807) is 0 Å². The molecule has 1 N–H and O–H groups in total. The first kappa shape index (κ1) is 16.0. The number of aliphatic hydroxyl groups is 1. The van der Waals surface area contributed by atoms with Gasteiger partial charge in [0.05, 0.1) is 22.8 Å². The molecule has 0 unspecified atom stereocenters. The average molecular weight is 306 g/mol. The molecule has 3 rings (SSSR count). The first-order chi connectivity index (χ1) is 10.1. The molecular formula is C16H27BN2O3. The topological polar surface area (TPSA) is 56.5 Å². The lowest BCUT2D eigenvalue weighted by Gasteiger charge is -2.33. The van der Waals surface area contributed by atoms with Crippen molar-refractivity contribution in [3.8, 4) is 0 Å². The van der Waals surface area contributed by atoms with Crippen molar-refractivity contribution in [3.63, 3.8) is 0 Å². The second-order valence-electron chi connectivity index (χ2n) is 8.07. The molecule has 0 aromatic carbocycles. The van der Waals surface area contributed by atoms with Crippen molar-refractivity contribution >= 4 is 12.6 Å². The molecule has 2 fully saturated rings. The second kappa shape index (κ2) is 5.08. The fourth-order valence-corrected chi connectivity index (χ4v) is 3.14. The van der Waals surface area contributed by atoms with Crippen LogP contribution in [0.25, 0.3) is 0 Å². The molecule has 1 aliphatic carbocycles. The lowest BCUT2D eigenvalue weighted by atomic mass is 9.81. The van der Waals surface area contributed by atoms with E-state index >= 15 is 0 Å². The predicted molar refractivity (Wildman–Crippen MR) is 86.1 cm³/mol. The van der Waals surface area contributed by atoms with Crippen molar-refractivity contribution in [3.05, 3.63) is 12.4 Å². The number of aromatic nitrogens is 2. The summed E-state index contributed by atoms with van der Waals surface area (Å²) in [7, 11) is -0.356. The highest BCUT2D eigenvalue weighted by Crippen LogP contribution is 2.37. The van der Waals surface area contributed by atoms with Crippen LogP contribution >= 0.6 is 0 Å². The summed E-state index contributed by atoms with van der Waals surface area (Å²) in [5, 5.41) is 14.6. The minimum absolute atomic E-state index is 0.330. The van der Waals surface area contributed by atoms with Gasteiger partial charge < -0.3 is 14.4 Å². The Balaban J connectivity index is 1.70. The number of hydrogen-bond donors (Lipinski definition) is 1. The smallest absolute Gasteiger partial charge is 0.399 e. The van der Waals surface area contributed by atoms with Gasteiger partial charge in [-0.3, -0.25) is 4.68 Å². The Kier molecular flexibility index (Phi) is 3.70. The summed E-state index contributed by atoms with van der Waals surface area (Å²) >= 11 is 0. The minimum Gasteiger partial charge on any atom is -0.399 e. The van der Waals surface area contributed by atoms with Gasteiger partial charge in [0.1, 0.15) is 0 Å². The van der Waals surface area contributed by atoms with Crippen LogP contribution in [0.5, 0.6) is 0 Å². The summed E-state index contributed by atoms with van der Waals surface area (Å²) in [6.45, 7) is 10.1. The highest BCUT2D eigenvalue weighted by atomic mass is 16.7. The Morgan fingerprint density at radius 1 is 1.14 bits per heavy atom. The van der Waals surface area contributed by atoms with Crippen molar-refractivity contribution in [2.24, 2.45) is 0 Å². The van der Waals surface area contributed by atoms with E-state index in [9.17, 15) is 5.11 Å². The van der Waals surface area contributed by atoms with Crippen LogP contribution < -0.4 is 5.46 Å². The summed E-state index contributed by atoms with van der Waals surface area (Å²) in [4.78, 5) is 0. The van der Waals surface area contributed by atoms with E-state index in [1.165, 1.54) is 0 Å². The second-order valence-corrected chi connectivity index (χ2v) is 8.07. The van der Waals surface area contributed by atoms with Gasteiger partial charge in [-0.15, -0.1) is 0 Å². The predicted octanol–water partition coefficient (Wildman–Crippen LogP) is 2.05. The Bertz CT molecular complexity index is 527. The summed E-state index contributed by atoms with van der Waals surface area (Å²) in [5.41, 5.74) is -0.207. The van der Waals surface area contributed by atoms with E-state index in [-0.39, 0.29) is 18.3 Å². The molecule has 6 heteroatoms. The highest BCUT2D eigenvalue weighted by molar-refractivity contribution is 6.61. The zero-order valence-electron chi connectivity index (χ0n) is 14.3. The number of hydrogen-bond acceptors (Lipinski definition) is 4. The Morgan fingerprint density at radius 3 is 2.23 bits per heavy atom. The maximum atomic E-state index is 10.1. The van der Waals surface area contributed by atoms with Crippen molar-refractivity contribution < 1.29 is 14.4 Å². The molecule has 0 amide bonds. The molecule has 0 spiro atoms. The zero-order chi connectivity index (χ0) is 16.2. The van der Waals surface area contributed by atoms with E-state index in [0.717, 1.165) is 31.1 Å². The fraction of sp³-hybridized carbons (Fsp3) is 0.812. The SMILES string of the molecule is CC1(C)OB(c2cnn([C@H]3CC[C@@](C)(O)CC3)c2)OC1(C)C. The maximum Gasteiger partial charge on any atom is 0.498 e. The van der Waals surface area contributed by atoms with Crippen LogP contribution in [-0.2, 0) is 9.31 Å². The molecule has 2 aliphatic rings. The number of nitrogens with zero attached hydrogens (tertiary/aromatic N) is 2. The standard InChI is InChI=1S/C16H27BN2O3/c1-14(2)15(3,4)22-17(21-14)12-10-18-19(11-12)13-6-8-16(5,20)9-7-13/h10-11,13,20H,6-9H2,1-5H3/t13-,16+. The lowest BCUT2D eigenvalue weighted by Crippen LogP contribution is -2.41. The third-order valence-electron chi connectivity index (χ3n) is 5.55. The van der Waals surface area contributed by atoms with Gasteiger partial charge in [0, 0.05) is 17.9 Å². The summed E-state index contributed by atoms with van der Waals surface area (Å²) in [5.74, 6) is 0. The normalized spacial score (nSPS) is 34.1. The summed E-state index contributed by atoms with van der Waals surface area (Å²) in [6.07, 6.45) is 7.43. The van der Waals surface area contributed by atoms with E-state index in [4.69, 9.17) is 9.31 Å². The minimum atomic E-state index is -0.516. The van der Waals surface area contributed by atoms with Crippen LogP contribution in [0.1, 0.15) is 66.3 Å². The van der Waals surface area contributed by atoms with Crippen LogP contribution in [0.15, 0.2) is 12.4 Å². The van der Waals surface area contributed by atoms with Gasteiger partial charge in [-0.2, -0.15) is 5.10 Å². The quantitative estimate of drug-likeness (QED) is 0.850. The van der Waals surface area contributed by atoms with Gasteiger partial charge in [-0.25, -0.2) is 0 Å². The Hall–Kier alpha value is -0.845. The van der Waals surface area contributed by atoms with Gasteiger partial charge in [0.2, 0.25) is 0 Å². The molecule has 5 nitrogen and oxygen atoms in total. The average Bonchev–Trinajstić information content (AvgIpc) is 2.93. The summed E-state index contributed by atoms with van der Waals surface area (Å²) < 4.78 is 14.1. The third kappa shape index (κ3) is 2.84. The Morgan fingerprint density at radius 2 is 1.68 bits per heavy atom. The largest absolute Gasteiger partial charge is 0.498 e. The van der Waals surface area contributed by atoms with Crippen LogP contribution in [0.2, 0.25) is 0 Å². The van der Waals surface area contributed by atoms with Gasteiger partial charge in [0.25, 0.3) is 0 Å². The van der Waals surface area contributed by atoms with Crippen molar-refractivity contribution in [2.75, 3.05) is 0 Å². The Labute approximate surface area is 133 Å². The first-order valence-corrected chi connectivity index (χ1v) is 8.22. The van der Waals surface area contributed by atoms with E-state index in [0.29, 0.717) is 6.04 Å². The lowest BCUT2D eigenvalue weighted by molar-refractivity contribution is 0.00578. The van der Waals surface area contributed by atoms with Crippen LogP contribution in [0, 0.1) is 0 Å². The molecule has 1 aromatic rings. The molecule has 22 heavy (non-hydrogen) atoms. The van der Waals surface area contributed by atoms with Gasteiger partial charge >= 0.3 is 7.12 Å². The van der Waals surface area contributed by atoms with Crippen LogP contribution in [-0.4, -0.2) is 38.8 Å². The van der Waals surface area contributed by atoms with Gasteiger partial charge in [-0.05, 0) is 60.3 Å². The zero-order valence-corrected chi connectivity index (χ0v) is 14.3. The van der Waals surface area contributed by atoms with Crippen LogP contribution in [0.3, 0.4) is 0 Å². The van der Waals surface area contributed by atoms with Gasteiger partial charge in [0.15, 0.2) is 0 Å². The van der Waals surface area contributed by atoms with E-state index in [2.05, 4.69) is 32.8 Å². The molecular weight excluding hydrogens is 279 g/mol. The molecule has 0 radical (unpaired) electrons. The van der Waals surface area contributed by atoms with E-state index in [1.807, 2.05) is 24.0 Å². The summed E-state index contributed by atoms with van der Waals surface area (Å²) in [6, 6.07) is 0.358. The van der Waals surface area contributed by atoms with E-state index < -0.39 is 5.60 Å². The molecule has 1 aromatic heterocycles. The van der Waals surface area contributed by atoms with Crippen molar-refractivity contribution in [1.82, 2.24) is 9.78 Å². The highest BCUT2D eigenvalue weighted by Gasteiger charge is 2.52. The van der Waals surface area contributed by atoms with Gasteiger partial charge in [-0.1, -0.05) is 0 Å². The number of rotatable bonds is 2. The van der Waals surface area contributed by atoms with Crippen molar-refractivity contribution in [2.45, 2.75) is 83.1 Å². The third-order valence-corrected chi connectivity index (χ3v) is 5.55. The maximum absolute atomic E-state index is 10.1. The van der Waals surface area contributed by atoms with Crippen LogP contribution in [0.4, 0.5) is 0 Å². The molecule has 1 saturated carbocycles. The first-order valence-electron chi connectivity index (χ1n) is 8.22. The molecule has 0 atom stereocenters. The molecule has 1 aliphatic heterocycles. The molecule has 122 valence electrons. The fourth-order valence-electron chi connectivity index (χ4n) is 3.14. The molecule has 2 heterocycles. The molecule has 0 bridgehead atoms. The van der Waals surface area contributed by atoms with Crippen molar-refractivity contribution in [1.29, 1.82) is 0 Å².